The fourth-order valence-electron chi connectivity index (χ4n) is 1.63. The molecule has 104 valence electrons. The normalized spacial score (nSPS) is 11.9. The van der Waals surface area contributed by atoms with Crippen LogP contribution >= 0.6 is 0 Å². The highest BCUT2D eigenvalue weighted by Gasteiger charge is 2.15. The average Bonchev–Trinajstić information content (AvgIpc) is 2.37. The zero-order chi connectivity index (χ0) is 14.4. The number of ether oxygens (including phenoxy) is 1. The summed E-state index contributed by atoms with van der Waals surface area (Å²) in [5.41, 5.74) is 7.45. The Bertz CT molecular complexity index is 474. The maximum absolute atomic E-state index is 12.0. The second-order valence-corrected chi connectivity index (χ2v) is 4.19. The van der Waals surface area contributed by atoms with Gasteiger partial charge in [-0.05, 0) is 24.6 Å². The van der Waals surface area contributed by atoms with Crippen molar-refractivity contribution >= 4 is 17.6 Å². The summed E-state index contributed by atoms with van der Waals surface area (Å²) in [7, 11) is 1.41. The molecule has 1 aromatic rings. The number of carboxylic acids is 1. The summed E-state index contributed by atoms with van der Waals surface area (Å²) in [4.78, 5) is 22.5. The van der Waals surface area contributed by atoms with Gasteiger partial charge in [0.25, 0.3) is 5.91 Å². The third kappa shape index (κ3) is 4.26. The Morgan fingerprint density at radius 3 is 2.74 bits per heavy atom. The van der Waals surface area contributed by atoms with Gasteiger partial charge in [-0.2, -0.15) is 0 Å². The van der Waals surface area contributed by atoms with Gasteiger partial charge in [0, 0.05) is 24.9 Å². The van der Waals surface area contributed by atoms with Crippen LogP contribution < -0.4 is 11.1 Å². The van der Waals surface area contributed by atoms with Crippen molar-refractivity contribution in [3.05, 3.63) is 29.3 Å². The summed E-state index contributed by atoms with van der Waals surface area (Å²) in [5.74, 6) is -1.27. The molecule has 0 heterocycles. The first-order valence-electron chi connectivity index (χ1n) is 5.83. The smallest absolute Gasteiger partial charge is 0.306 e. The van der Waals surface area contributed by atoms with Crippen LogP contribution in [0.5, 0.6) is 0 Å². The second kappa shape index (κ2) is 6.75. The Labute approximate surface area is 111 Å². The van der Waals surface area contributed by atoms with Crippen molar-refractivity contribution in [3.63, 3.8) is 0 Å². The molecule has 1 aromatic carbocycles. The zero-order valence-corrected chi connectivity index (χ0v) is 11.0. The molecular formula is C13H18N2O4. The van der Waals surface area contributed by atoms with E-state index in [4.69, 9.17) is 15.6 Å². The lowest BCUT2D eigenvalue weighted by Crippen LogP contribution is -2.34. The van der Waals surface area contributed by atoms with Gasteiger partial charge in [-0.3, -0.25) is 9.59 Å². The van der Waals surface area contributed by atoms with Crippen LogP contribution in [0.25, 0.3) is 0 Å². The second-order valence-electron chi connectivity index (χ2n) is 4.19. The minimum absolute atomic E-state index is 0.135. The van der Waals surface area contributed by atoms with Crippen molar-refractivity contribution in [2.75, 3.05) is 19.4 Å². The Morgan fingerprint density at radius 1 is 1.47 bits per heavy atom. The highest BCUT2D eigenvalue weighted by molar-refractivity contribution is 5.96. The van der Waals surface area contributed by atoms with Crippen LogP contribution in [-0.2, 0) is 9.53 Å². The Morgan fingerprint density at radius 2 is 2.16 bits per heavy atom. The first-order chi connectivity index (χ1) is 8.95. The quantitative estimate of drug-likeness (QED) is 0.661. The number of amides is 1. The predicted molar refractivity (Wildman–Crippen MR) is 71.0 cm³/mol. The van der Waals surface area contributed by atoms with E-state index in [0.29, 0.717) is 16.8 Å². The Hall–Kier alpha value is -2.08. The summed E-state index contributed by atoms with van der Waals surface area (Å²) >= 11 is 0. The molecule has 1 atom stereocenters. The highest BCUT2D eigenvalue weighted by Crippen LogP contribution is 2.15. The lowest BCUT2D eigenvalue weighted by molar-refractivity contribution is -0.139. The number of nitrogens with one attached hydrogen (secondary N) is 1. The van der Waals surface area contributed by atoms with Gasteiger partial charge in [-0.25, -0.2) is 0 Å². The first-order valence-corrected chi connectivity index (χ1v) is 5.83. The molecule has 19 heavy (non-hydrogen) atoms. The molecule has 0 aliphatic carbocycles. The Kier molecular flexibility index (Phi) is 5.32. The SMILES string of the molecule is COC(CNC(=O)c1cccc(N)c1C)CC(=O)O. The fraction of sp³-hybridized carbons (Fsp3) is 0.385. The molecule has 1 amide bonds. The number of carbonyl (C=O) groups excluding carboxylic acids is 1. The van der Waals surface area contributed by atoms with E-state index in [9.17, 15) is 9.59 Å². The van der Waals surface area contributed by atoms with Gasteiger partial charge in [0.05, 0.1) is 12.5 Å². The maximum Gasteiger partial charge on any atom is 0.306 e. The molecule has 0 aliphatic heterocycles. The van der Waals surface area contributed by atoms with Crippen LogP contribution in [0.1, 0.15) is 22.3 Å². The zero-order valence-electron chi connectivity index (χ0n) is 11.0. The third-order valence-electron chi connectivity index (χ3n) is 2.85. The molecule has 0 spiro atoms. The van der Waals surface area contributed by atoms with E-state index >= 15 is 0 Å². The van der Waals surface area contributed by atoms with Crippen molar-refractivity contribution < 1.29 is 19.4 Å². The Balaban J connectivity index is 2.64. The van der Waals surface area contributed by atoms with E-state index in [1.807, 2.05) is 0 Å². The summed E-state index contributed by atoms with van der Waals surface area (Å²) < 4.78 is 4.98. The van der Waals surface area contributed by atoms with E-state index in [0.717, 1.165) is 0 Å². The summed E-state index contributed by atoms with van der Waals surface area (Å²) in [6.45, 7) is 1.89. The van der Waals surface area contributed by atoms with Crippen molar-refractivity contribution in [1.82, 2.24) is 5.32 Å². The van der Waals surface area contributed by atoms with Gasteiger partial charge in [0.1, 0.15) is 0 Å². The third-order valence-corrected chi connectivity index (χ3v) is 2.85. The van der Waals surface area contributed by atoms with E-state index in [2.05, 4.69) is 5.32 Å². The van der Waals surface area contributed by atoms with Crippen LogP contribution in [0.2, 0.25) is 0 Å². The van der Waals surface area contributed by atoms with Crippen LogP contribution in [-0.4, -0.2) is 36.7 Å². The maximum atomic E-state index is 12.0. The number of benzene rings is 1. The minimum atomic E-state index is -0.971. The van der Waals surface area contributed by atoms with Gasteiger partial charge in [0.2, 0.25) is 0 Å². The monoisotopic (exact) mass is 266 g/mol. The van der Waals surface area contributed by atoms with Crippen LogP contribution in [0.15, 0.2) is 18.2 Å². The number of hydrogen-bond acceptors (Lipinski definition) is 4. The average molecular weight is 266 g/mol. The molecule has 0 fully saturated rings. The van der Waals surface area contributed by atoms with Crippen molar-refractivity contribution in [2.45, 2.75) is 19.4 Å². The van der Waals surface area contributed by atoms with Crippen molar-refractivity contribution in [3.8, 4) is 0 Å². The predicted octanol–water partition coefficient (Wildman–Crippen LogP) is 0.797. The number of carboxylic acid groups (broad SMARTS) is 1. The molecular weight excluding hydrogens is 248 g/mol. The van der Waals surface area contributed by atoms with Crippen LogP contribution in [0, 0.1) is 6.92 Å². The largest absolute Gasteiger partial charge is 0.481 e. The highest BCUT2D eigenvalue weighted by atomic mass is 16.5. The molecule has 4 N–H and O–H groups in total. The number of methoxy groups -OCH3 is 1. The minimum Gasteiger partial charge on any atom is -0.481 e. The number of carbonyl (C=O) groups is 2. The van der Waals surface area contributed by atoms with Gasteiger partial charge < -0.3 is 20.9 Å². The number of nitrogen functional groups attached to an aromatic ring is 1. The first kappa shape index (κ1) is 15.0. The summed E-state index contributed by atoms with van der Waals surface area (Å²) in [5, 5.41) is 11.3. The number of nitrogens with two attached hydrogens (primary N) is 1. The van der Waals surface area contributed by atoms with E-state index < -0.39 is 12.1 Å². The molecule has 6 heteroatoms. The molecule has 0 aromatic heterocycles. The molecule has 0 saturated carbocycles. The van der Waals surface area contributed by atoms with Gasteiger partial charge in [-0.1, -0.05) is 6.07 Å². The molecule has 6 nitrogen and oxygen atoms in total. The van der Waals surface area contributed by atoms with Crippen molar-refractivity contribution in [1.29, 1.82) is 0 Å². The lowest BCUT2D eigenvalue weighted by Gasteiger charge is -2.15. The van der Waals surface area contributed by atoms with E-state index in [-0.39, 0.29) is 18.9 Å². The number of aliphatic carboxylic acids is 1. The lowest BCUT2D eigenvalue weighted by atomic mass is 10.1. The van der Waals surface area contributed by atoms with Crippen molar-refractivity contribution in [2.24, 2.45) is 0 Å². The number of anilines is 1. The molecule has 0 aliphatic rings. The van der Waals surface area contributed by atoms with Crippen LogP contribution in [0.3, 0.4) is 0 Å². The number of rotatable bonds is 6. The van der Waals surface area contributed by atoms with Crippen LogP contribution in [0.4, 0.5) is 5.69 Å². The molecule has 0 saturated heterocycles. The number of hydrogen-bond donors (Lipinski definition) is 3. The molecule has 0 bridgehead atoms. The molecule has 1 unspecified atom stereocenters. The molecule has 1 rings (SSSR count). The summed E-state index contributed by atoms with van der Waals surface area (Å²) in [6.07, 6.45) is -0.713. The topological polar surface area (TPSA) is 102 Å². The van der Waals surface area contributed by atoms with E-state index in [1.165, 1.54) is 7.11 Å². The van der Waals surface area contributed by atoms with Gasteiger partial charge >= 0.3 is 5.97 Å². The summed E-state index contributed by atoms with van der Waals surface area (Å²) in [6, 6.07) is 5.08. The van der Waals surface area contributed by atoms with E-state index in [1.54, 1.807) is 25.1 Å². The standard InChI is InChI=1S/C13H18N2O4/c1-8-10(4-3-5-11(8)14)13(18)15-7-9(19-2)6-12(16)17/h3-5,9H,6-7,14H2,1-2H3,(H,15,18)(H,16,17). The fourth-order valence-corrected chi connectivity index (χ4v) is 1.63. The molecule has 0 radical (unpaired) electrons. The van der Waals surface area contributed by atoms with Gasteiger partial charge in [0.15, 0.2) is 0 Å². The van der Waals surface area contributed by atoms with Gasteiger partial charge in [-0.15, -0.1) is 0 Å².